The van der Waals surface area contributed by atoms with Crippen molar-refractivity contribution in [2.24, 2.45) is 5.92 Å². The van der Waals surface area contributed by atoms with Gasteiger partial charge in [-0.15, -0.1) is 0 Å². The Bertz CT molecular complexity index is 649. The Balaban J connectivity index is 1.69. The first-order chi connectivity index (χ1) is 11.1. The summed E-state index contributed by atoms with van der Waals surface area (Å²) in [5.74, 6) is 0.192. The second kappa shape index (κ2) is 6.52. The maximum Gasteiger partial charge on any atom is 0.345 e. The van der Waals surface area contributed by atoms with Crippen molar-refractivity contribution in [1.29, 1.82) is 0 Å². The van der Waals surface area contributed by atoms with Crippen LogP contribution in [-0.4, -0.2) is 51.2 Å². The van der Waals surface area contributed by atoms with E-state index in [1.807, 2.05) is 4.90 Å². The van der Waals surface area contributed by atoms with Gasteiger partial charge in [0.1, 0.15) is 0 Å². The highest BCUT2D eigenvalue weighted by molar-refractivity contribution is 5.80. The lowest BCUT2D eigenvalue weighted by Crippen LogP contribution is -2.43. The van der Waals surface area contributed by atoms with Crippen molar-refractivity contribution in [1.82, 2.24) is 19.8 Å². The maximum atomic E-state index is 12.9. The van der Waals surface area contributed by atoms with E-state index in [1.54, 1.807) is 17.9 Å². The third-order valence-corrected chi connectivity index (χ3v) is 4.88. The lowest BCUT2D eigenvalue weighted by atomic mass is 9.94. The normalized spacial score (nSPS) is 22.4. The van der Waals surface area contributed by atoms with Crippen LogP contribution in [0.25, 0.3) is 0 Å². The predicted octanol–water partition coefficient (Wildman–Crippen LogP) is 0.692. The molecule has 0 aromatic carbocycles. The van der Waals surface area contributed by atoms with Crippen molar-refractivity contribution in [3.05, 3.63) is 28.4 Å². The van der Waals surface area contributed by atoms with Crippen molar-refractivity contribution in [3.63, 3.8) is 0 Å². The highest BCUT2D eigenvalue weighted by Gasteiger charge is 2.36. The molecule has 2 aliphatic heterocycles. The molecular weight excluding hydrogens is 296 g/mol. The van der Waals surface area contributed by atoms with Crippen LogP contribution >= 0.6 is 0 Å². The number of nitrogens with zero attached hydrogens (tertiary/aromatic N) is 3. The monoisotopic (exact) mass is 318 g/mol. The van der Waals surface area contributed by atoms with Crippen LogP contribution in [0.5, 0.6) is 0 Å². The Morgan fingerprint density at radius 2 is 1.96 bits per heavy atom. The number of carbonyl (C=O) groups is 2. The molecule has 1 N–H and O–H groups in total. The van der Waals surface area contributed by atoms with Gasteiger partial charge in [0.25, 0.3) is 0 Å². The Kier molecular flexibility index (Phi) is 4.45. The molecule has 3 heterocycles. The summed E-state index contributed by atoms with van der Waals surface area (Å²) in [6.07, 6.45) is 4.72. The summed E-state index contributed by atoms with van der Waals surface area (Å²) in [7, 11) is 0. The molecule has 124 valence electrons. The summed E-state index contributed by atoms with van der Waals surface area (Å²) >= 11 is 0. The number of carbonyl (C=O) groups excluding carboxylic acids is 2. The maximum absolute atomic E-state index is 12.9. The Morgan fingerprint density at radius 3 is 2.61 bits per heavy atom. The zero-order valence-electron chi connectivity index (χ0n) is 13.3. The molecule has 2 aliphatic rings. The smallest absolute Gasteiger partial charge is 0.343 e. The number of nitrogens with one attached hydrogen (secondary N) is 1. The molecule has 1 aromatic heterocycles. The van der Waals surface area contributed by atoms with Gasteiger partial charge in [-0.25, -0.2) is 9.78 Å². The number of aromatic amines is 1. The van der Waals surface area contributed by atoms with E-state index in [9.17, 15) is 14.4 Å². The van der Waals surface area contributed by atoms with E-state index in [2.05, 4.69) is 9.97 Å². The highest BCUT2D eigenvalue weighted by atomic mass is 16.2. The summed E-state index contributed by atoms with van der Waals surface area (Å²) in [4.78, 5) is 45.7. The SMILES string of the molecule is CC(=O)N1CCC(C(=O)N2CCCC2c2ccnc(=O)[nH]2)CC1. The molecule has 0 spiro atoms. The van der Waals surface area contributed by atoms with Gasteiger partial charge in [0.05, 0.1) is 6.04 Å². The zero-order chi connectivity index (χ0) is 16.4. The van der Waals surface area contributed by atoms with Gasteiger partial charge in [-0.05, 0) is 31.7 Å². The molecule has 0 radical (unpaired) electrons. The van der Waals surface area contributed by atoms with Crippen LogP contribution < -0.4 is 5.69 Å². The molecule has 2 amide bonds. The summed E-state index contributed by atoms with van der Waals surface area (Å²) in [5, 5.41) is 0. The van der Waals surface area contributed by atoms with Crippen LogP contribution in [-0.2, 0) is 9.59 Å². The van der Waals surface area contributed by atoms with Gasteiger partial charge in [0, 0.05) is 44.4 Å². The fourth-order valence-corrected chi connectivity index (χ4v) is 3.61. The van der Waals surface area contributed by atoms with Crippen LogP contribution in [0, 0.1) is 5.92 Å². The third kappa shape index (κ3) is 3.28. The molecule has 0 saturated carbocycles. The second-order valence-electron chi connectivity index (χ2n) is 6.30. The molecule has 3 rings (SSSR count). The summed E-state index contributed by atoms with van der Waals surface area (Å²) in [5.41, 5.74) is 0.383. The van der Waals surface area contributed by atoms with Gasteiger partial charge in [-0.1, -0.05) is 0 Å². The minimum atomic E-state index is -0.378. The van der Waals surface area contributed by atoms with Crippen molar-refractivity contribution >= 4 is 11.8 Å². The Hall–Kier alpha value is -2.18. The third-order valence-electron chi connectivity index (χ3n) is 4.88. The van der Waals surface area contributed by atoms with Crippen LogP contribution in [0.15, 0.2) is 17.1 Å². The number of likely N-dealkylation sites (tertiary alicyclic amines) is 2. The van der Waals surface area contributed by atoms with E-state index >= 15 is 0 Å². The molecule has 1 unspecified atom stereocenters. The van der Waals surface area contributed by atoms with Crippen LogP contribution in [0.1, 0.15) is 44.3 Å². The Labute approximate surface area is 134 Å². The highest BCUT2D eigenvalue weighted by Crippen LogP contribution is 2.33. The number of H-pyrrole nitrogens is 1. The van der Waals surface area contributed by atoms with E-state index in [0.29, 0.717) is 25.9 Å². The fraction of sp³-hybridized carbons (Fsp3) is 0.625. The zero-order valence-corrected chi connectivity index (χ0v) is 13.3. The molecular formula is C16H22N4O3. The van der Waals surface area contributed by atoms with E-state index < -0.39 is 0 Å². The average molecular weight is 318 g/mol. The van der Waals surface area contributed by atoms with Crippen molar-refractivity contribution in [2.75, 3.05) is 19.6 Å². The topological polar surface area (TPSA) is 86.4 Å². The van der Waals surface area contributed by atoms with Gasteiger partial charge in [-0.3, -0.25) is 9.59 Å². The first kappa shape index (κ1) is 15.7. The standard InChI is InChI=1S/C16H22N4O3/c1-11(21)19-9-5-12(6-10-19)15(22)20-8-2-3-14(20)13-4-7-17-16(23)18-13/h4,7,12,14H,2-3,5-6,8-10H2,1H3,(H,17,18,23). The Morgan fingerprint density at radius 1 is 1.22 bits per heavy atom. The van der Waals surface area contributed by atoms with E-state index in [1.165, 1.54) is 6.20 Å². The number of amides is 2. The van der Waals surface area contributed by atoms with Crippen LogP contribution in [0.4, 0.5) is 0 Å². The average Bonchev–Trinajstić information content (AvgIpc) is 3.04. The lowest BCUT2D eigenvalue weighted by Gasteiger charge is -2.34. The second-order valence-corrected chi connectivity index (χ2v) is 6.30. The number of rotatable bonds is 2. The minimum Gasteiger partial charge on any atom is -0.343 e. The first-order valence-corrected chi connectivity index (χ1v) is 8.17. The van der Waals surface area contributed by atoms with E-state index in [-0.39, 0.29) is 29.5 Å². The molecule has 2 fully saturated rings. The molecule has 7 heteroatoms. The molecule has 0 aliphatic carbocycles. The molecule has 1 aromatic rings. The van der Waals surface area contributed by atoms with Crippen LogP contribution in [0.2, 0.25) is 0 Å². The van der Waals surface area contributed by atoms with Gasteiger partial charge in [0.15, 0.2) is 0 Å². The summed E-state index contributed by atoms with van der Waals surface area (Å²) < 4.78 is 0. The molecule has 2 saturated heterocycles. The minimum absolute atomic E-state index is 0.0280. The van der Waals surface area contributed by atoms with Crippen molar-refractivity contribution in [3.8, 4) is 0 Å². The predicted molar refractivity (Wildman–Crippen MR) is 83.5 cm³/mol. The van der Waals surface area contributed by atoms with E-state index in [0.717, 1.165) is 25.1 Å². The van der Waals surface area contributed by atoms with Gasteiger partial charge in [-0.2, -0.15) is 0 Å². The van der Waals surface area contributed by atoms with Gasteiger partial charge >= 0.3 is 5.69 Å². The van der Waals surface area contributed by atoms with Crippen molar-refractivity contribution in [2.45, 2.75) is 38.6 Å². The fourth-order valence-electron chi connectivity index (χ4n) is 3.61. The van der Waals surface area contributed by atoms with Gasteiger partial charge in [0.2, 0.25) is 11.8 Å². The quantitative estimate of drug-likeness (QED) is 0.869. The number of aromatic nitrogens is 2. The lowest BCUT2D eigenvalue weighted by molar-refractivity contribution is -0.140. The van der Waals surface area contributed by atoms with Gasteiger partial charge < -0.3 is 14.8 Å². The number of hydrogen-bond donors (Lipinski definition) is 1. The van der Waals surface area contributed by atoms with Crippen LogP contribution in [0.3, 0.4) is 0 Å². The number of hydrogen-bond acceptors (Lipinski definition) is 4. The summed E-state index contributed by atoms with van der Waals surface area (Å²) in [6.45, 7) is 3.59. The van der Waals surface area contributed by atoms with Crippen molar-refractivity contribution < 1.29 is 9.59 Å². The largest absolute Gasteiger partial charge is 0.345 e. The van der Waals surface area contributed by atoms with E-state index in [4.69, 9.17) is 0 Å². The molecule has 0 bridgehead atoms. The number of piperidine rings is 1. The first-order valence-electron chi connectivity index (χ1n) is 8.17. The molecule has 7 nitrogen and oxygen atoms in total. The molecule has 1 atom stereocenters. The summed E-state index contributed by atoms with van der Waals surface area (Å²) in [6, 6.07) is 1.71. The molecule has 23 heavy (non-hydrogen) atoms.